The van der Waals surface area contributed by atoms with Crippen LogP contribution in [0.25, 0.3) is 0 Å². The normalized spacial score (nSPS) is 9.56. The number of methoxy groups -OCH3 is 1. The molecular weight excluding hydrogens is 210 g/mol. The molecule has 0 heterocycles. The van der Waals surface area contributed by atoms with Gasteiger partial charge in [0.1, 0.15) is 0 Å². The molecule has 0 saturated heterocycles. The van der Waals surface area contributed by atoms with Gasteiger partial charge >= 0.3 is 5.97 Å². The van der Waals surface area contributed by atoms with Gasteiger partial charge in [0.25, 0.3) is 0 Å². The van der Waals surface area contributed by atoms with Crippen LogP contribution in [0.2, 0.25) is 0 Å². The summed E-state index contributed by atoms with van der Waals surface area (Å²) in [7, 11) is 1.31. The van der Waals surface area contributed by atoms with Crippen molar-refractivity contribution in [2.45, 2.75) is 6.42 Å². The van der Waals surface area contributed by atoms with E-state index in [-0.39, 0.29) is 6.42 Å². The first-order chi connectivity index (χ1) is 7.63. The largest absolute Gasteiger partial charge is 0.550 e. The van der Waals surface area contributed by atoms with Gasteiger partial charge in [0.15, 0.2) is 0 Å². The number of carboxylic acids is 1. The number of ether oxygens (including phenoxy) is 1. The number of anilines is 1. The number of benzene rings is 1. The van der Waals surface area contributed by atoms with Crippen LogP contribution in [0.15, 0.2) is 24.3 Å². The Kier molecular flexibility index (Phi) is 4.32. The van der Waals surface area contributed by atoms with E-state index in [2.05, 4.69) is 10.1 Å². The van der Waals surface area contributed by atoms with Crippen LogP contribution in [0.1, 0.15) is 16.8 Å². The number of nitrogens with one attached hydrogen (secondary N) is 1. The fourth-order valence-corrected chi connectivity index (χ4v) is 1.15. The van der Waals surface area contributed by atoms with Crippen LogP contribution in [0.5, 0.6) is 0 Å². The average molecular weight is 222 g/mol. The lowest BCUT2D eigenvalue weighted by Crippen LogP contribution is -2.24. The maximum Gasteiger partial charge on any atom is 0.337 e. The van der Waals surface area contributed by atoms with Crippen LogP contribution < -0.4 is 10.4 Å². The molecule has 0 unspecified atom stereocenters. The number of carboxylic acid groups (broad SMARTS) is 1. The van der Waals surface area contributed by atoms with Gasteiger partial charge in [-0.1, -0.05) is 0 Å². The van der Waals surface area contributed by atoms with Crippen LogP contribution >= 0.6 is 0 Å². The molecule has 1 rings (SSSR count). The van der Waals surface area contributed by atoms with Crippen molar-refractivity contribution in [3.63, 3.8) is 0 Å². The highest BCUT2D eigenvalue weighted by Crippen LogP contribution is 2.10. The van der Waals surface area contributed by atoms with Crippen molar-refractivity contribution in [3.05, 3.63) is 29.8 Å². The summed E-state index contributed by atoms with van der Waals surface area (Å²) in [6.07, 6.45) is -0.0568. The molecule has 0 saturated carbocycles. The van der Waals surface area contributed by atoms with Crippen molar-refractivity contribution in [3.8, 4) is 0 Å². The zero-order valence-corrected chi connectivity index (χ0v) is 8.86. The first-order valence-corrected chi connectivity index (χ1v) is 4.75. The zero-order chi connectivity index (χ0) is 12.0. The minimum Gasteiger partial charge on any atom is -0.550 e. The highest BCUT2D eigenvalue weighted by molar-refractivity contribution is 5.89. The van der Waals surface area contributed by atoms with Crippen LogP contribution in [0.4, 0.5) is 5.69 Å². The molecule has 0 aliphatic rings. The summed E-state index contributed by atoms with van der Waals surface area (Å²) in [4.78, 5) is 21.3. The number of carbonyl (C=O) groups is 2. The molecule has 0 amide bonds. The molecular formula is C11H12NO4-. The fourth-order valence-electron chi connectivity index (χ4n) is 1.15. The lowest BCUT2D eigenvalue weighted by atomic mass is 10.2. The third-order valence-electron chi connectivity index (χ3n) is 1.96. The molecule has 0 bridgehead atoms. The van der Waals surface area contributed by atoms with Gasteiger partial charge in [-0.05, 0) is 24.3 Å². The first kappa shape index (κ1) is 12.0. The Hall–Kier alpha value is -2.04. The minimum absolute atomic E-state index is 0.0568. The summed E-state index contributed by atoms with van der Waals surface area (Å²) in [5.41, 5.74) is 1.20. The second-order valence-corrected chi connectivity index (χ2v) is 3.12. The van der Waals surface area contributed by atoms with E-state index in [9.17, 15) is 14.7 Å². The highest BCUT2D eigenvalue weighted by atomic mass is 16.5. The van der Waals surface area contributed by atoms with E-state index in [4.69, 9.17) is 0 Å². The SMILES string of the molecule is COC(=O)c1ccc(NCCC(=O)[O-])cc1. The predicted molar refractivity (Wildman–Crippen MR) is 55.9 cm³/mol. The lowest BCUT2D eigenvalue weighted by Gasteiger charge is -2.07. The van der Waals surface area contributed by atoms with E-state index in [1.807, 2.05) is 0 Å². The Morgan fingerprint density at radius 1 is 1.31 bits per heavy atom. The second-order valence-electron chi connectivity index (χ2n) is 3.12. The Labute approximate surface area is 93.0 Å². The summed E-state index contributed by atoms with van der Waals surface area (Å²) >= 11 is 0. The molecule has 86 valence electrons. The summed E-state index contributed by atoms with van der Waals surface area (Å²) in [5, 5.41) is 13.0. The topological polar surface area (TPSA) is 78.5 Å². The molecule has 0 aliphatic carbocycles. The summed E-state index contributed by atoms with van der Waals surface area (Å²) < 4.78 is 4.54. The van der Waals surface area contributed by atoms with Crippen LogP contribution in [-0.2, 0) is 9.53 Å². The minimum atomic E-state index is -1.10. The van der Waals surface area contributed by atoms with Crippen molar-refractivity contribution in [1.29, 1.82) is 0 Å². The number of hydrogen-bond acceptors (Lipinski definition) is 5. The monoisotopic (exact) mass is 222 g/mol. The van der Waals surface area contributed by atoms with Gasteiger partial charge in [-0.25, -0.2) is 4.79 Å². The Balaban J connectivity index is 2.51. The van der Waals surface area contributed by atoms with E-state index in [0.29, 0.717) is 12.1 Å². The van der Waals surface area contributed by atoms with E-state index in [1.54, 1.807) is 24.3 Å². The van der Waals surface area contributed by atoms with Gasteiger partial charge < -0.3 is 20.0 Å². The molecule has 0 radical (unpaired) electrons. The smallest absolute Gasteiger partial charge is 0.337 e. The van der Waals surface area contributed by atoms with Crippen LogP contribution in [0, 0.1) is 0 Å². The Morgan fingerprint density at radius 3 is 2.44 bits per heavy atom. The number of hydrogen-bond donors (Lipinski definition) is 1. The summed E-state index contributed by atoms with van der Waals surface area (Å²) in [6, 6.07) is 6.57. The van der Waals surface area contributed by atoms with Crippen LogP contribution in [-0.4, -0.2) is 25.6 Å². The van der Waals surface area contributed by atoms with Gasteiger partial charge in [0, 0.05) is 24.6 Å². The maximum absolute atomic E-state index is 11.1. The van der Waals surface area contributed by atoms with Gasteiger partial charge in [0.2, 0.25) is 0 Å². The first-order valence-electron chi connectivity index (χ1n) is 4.75. The fraction of sp³-hybridized carbons (Fsp3) is 0.273. The second kappa shape index (κ2) is 5.75. The van der Waals surface area contributed by atoms with Crippen molar-refractivity contribution >= 4 is 17.6 Å². The molecule has 0 aliphatic heterocycles. The van der Waals surface area contributed by atoms with Crippen molar-refractivity contribution in [2.24, 2.45) is 0 Å². The van der Waals surface area contributed by atoms with Crippen molar-refractivity contribution in [1.82, 2.24) is 0 Å². The molecule has 1 aromatic rings. The lowest BCUT2D eigenvalue weighted by molar-refractivity contribution is -0.305. The number of carbonyl (C=O) groups excluding carboxylic acids is 2. The summed E-state index contributed by atoms with van der Waals surface area (Å²) in [6.45, 7) is 0.292. The van der Waals surface area contributed by atoms with E-state index >= 15 is 0 Å². The molecule has 0 fully saturated rings. The van der Waals surface area contributed by atoms with Gasteiger partial charge in [0.05, 0.1) is 12.7 Å². The zero-order valence-electron chi connectivity index (χ0n) is 8.86. The molecule has 1 aromatic carbocycles. The standard InChI is InChI=1S/C11H13NO4/c1-16-11(15)8-2-4-9(5-3-8)12-7-6-10(13)14/h2-5,12H,6-7H2,1H3,(H,13,14)/p-1. The third kappa shape index (κ3) is 3.61. The average Bonchev–Trinajstić information content (AvgIpc) is 2.28. The summed E-state index contributed by atoms with van der Waals surface area (Å²) in [5.74, 6) is -1.50. The Bertz CT molecular complexity index is 372. The van der Waals surface area contributed by atoms with Gasteiger partial charge in [-0.2, -0.15) is 0 Å². The quantitative estimate of drug-likeness (QED) is 0.711. The van der Waals surface area contributed by atoms with Gasteiger partial charge in [-0.3, -0.25) is 0 Å². The number of rotatable bonds is 5. The van der Waals surface area contributed by atoms with Crippen molar-refractivity contribution < 1.29 is 19.4 Å². The highest BCUT2D eigenvalue weighted by Gasteiger charge is 2.03. The number of esters is 1. The van der Waals surface area contributed by atoms with Gasteiger partial charge in [-0.15, -0.1) is 0 Å². The molecule has 5 heteroatoms. The maximum atomic E-state index is 11.1. The molecule has 16 heavy (non-hydrogen) atoms. The molecule has 0 atom stereocenters. The third-order valence-corrected chi connectivity index (χ3v) is 1.96. The number of aliphatic carboxylic acids is 1. The molecule has 0 aromatic heterocycles. The van der Waals surface area contributed by atoms with Crippen LogP contribution in [0.3, 0.4) is 0 Å². The van der Waals surface area contributed by atoms with E-state index in [0.717, 1.165) is 5.69 Å². The van der Waals surface area contributed by atoms with Crippen molar-refractivity contribution in [2.75, 3.05) is 19.0 Å². The van der Waals surface area contributed by atoms with E-state index < -0.39 is 11.9 Å². The molecule has 5 nitrogen and oxygen atoms in total. The van der Waals surface area contributed by atoms with E-state index in [1.165, 1.54) is 7.11 Å². The predicted octanol–water partition coefficient (Wildman–Crippen LogP) is 0.0251. The Morgan fingerprint density at radius 2 is 1.94 bits per heavy atom. The molecule has 1 N–H and O–H groups in total. The molecule has 0 spiro atoms.